The average Bonchev–Trinajstić information content (AvgIpc) is 3.39. The lowest BCUT2D eigenvalue weighted by Crippen LogP contribution is -2.13. The monoisotopic (exact) mass is 406 g/mol. The highest BCUT2D eigenvalue weighted by molar-refractivity contribution is 7.97. The number of fused-ring (bicyclic) bond motifs is 2. The second kappa shape index (κ2) is 9.53. The fourth-order valence-electron chi connectivity index (χ4n) is 4.10. The highest BCUT2D eigenvalue weighted by Crippen LogP contribution is 2.38. The van der Waals surface area contributed by atoms with Gasteiger partial charge in [-0.05, 0) is 90.9 Å². The summed E-state index contributed by atoms with van der Waals surface area (Å²) in [5.41, 5.74) is 13.9. The third kappa shape index (κ3) is 4.57. The van der Waals surface area contributed by atoms with Crippen molar-refractivity contribution in [2.45, 2.75) is 43.4 Å². The molecule has 0 aromatic heterocycles. The molecule has 2 aromatic rings. The van der Waals surface area contributed by atoms with Gasteiger partial charge in [-0.2, -0.15) is 5.26 Å². The Labute approximate surface area is 176 Å². The predicted molar refractivity (Wildman–Crippen MR) is 119 cm³/mol. The Kier molecular flexibility index (Phi) is 6.84. The second-order valence-electron chi connectivity index (χ2n) is 7.10. The molecule has 0 saturated heterocycles. The minimum atomic E-state index is -0.555. The number of aryl methyl sites for hydroxylation is 2. The molecule has 1 amide bonds. The van der Waals surface area contributed by atoms with E-state index < -0.39 is 5.91 Å². The molecule has 0 spiro atoms. The predicted octanol–water partition coefficient (Wildman–Crippen LogP) is 4.10. The van der Waals surface area contributed by atoms with Crippen LogP contribution in [-0.4, -0.2) is 13.0 Å². The van der Waals surface area contributed by atoms with Crippen LogP contribution in [0.1, 0.15) is 51.0 Å². The number of rotatable bonds is 5. The van der Waals surface area contributed by atoms with Crippen LogP contribution in [0.5, 0.6) is 0 Å². The number of carbonyl (C=O) groups excluding carboxylic acids is 1. The van der Waals surface area contributed by atoms with E-state index in [2.05, 4.69) is 29.7 Å². The normalized spacial score (nSPS) is 13.4. The fraction of sp³-hybridized carbons (Fsp3) is 0.304. The van der Waals surface area contributed by atoms with Crippen molar-refractivity contribution in [3.63, 3.8) is 0 Å². The van der Waals surface area contributed by atoms with Crippen LogP contribution in [0.15, 0.2) is 41.9 Å². The highest BCUT2D eigenvalue weighted by atomic mass is 32.2. The van der Waals surface area contributed by atoms with Gasteiger partial charge in [-0.25, -0.2) is 0 Å². The fourth-order valence-corrected chi connectivity index (χ4v) is 4.72. The average molecular weight is 407 g/mol. The molecule has 2 aliphatic carbocycles. The SMILES string of the molecule is C=CNSc1ccc(C#N)cc1C(N)=O.CNc1c2c(cc3c1CCC3)CCC2. The first-order chi connectivity index (χ1) is 14.1. The Morgan fingerprint density at radius 2 is 1.83 bits per heavy atom. The van der Waals surface area contributed by atoms with Gasteiger partial charge < -0.3 is 15.8 Å². The standard InChI is InChI=1S/C13H17N.C10H9N3OS/c1-14-13-11-6-2-4-9(11)8-10-5-3-7-12(10)13;1-2-13-15-9-4-3-7(6-11)5-8(9)10(12)14/h8,14H,2-7H2,1H3;2-5,13H,1H2,(H2,12,14). The van der Waals surface area contributed by atoms with Gasteiger partial charge in [-0.3, -0.25) is 4.79 Å². The zero-order valence-electron chi connectivity index (χ0n) is 16.7. The number of nitrogens with one attached hydrogen (secondary N) is 2. The summed E-state index contributed by atoms with van der Waals surface area (Å²) in [5, 5.41) is 12.1. The summed E-state index contributed by atoms with van der Waals surface area (Å²) in [6, 6.07) is 9.18. The number of anilines is 1. The molecule has 0 radical (unpaired) electrons. The van der Waals surface area contributed by atoms with E-state index in [-0.39, 0.29) is 0 Å². The van der Waals surface area contributed by atoms with Gasteiger partial charge >= 0.3 is 0 Å². The molecule has 150 valence electrons. The van der Waals surface area contributed by atoms with Gasteiger partial charge in [0.2, 0.25) is 5.91 Å². The first-order valence-corrected chi connectivity index (χ1v) is 10.6. The molecular weight excluding hydrogens is 380 g/mol. The summed E-state index contributed by atoms with van der Waals surface area (Å²) in [6.07, 6.45) is 9.39. The topological polar surface area (TPSA) is 90.9 Å². The number of nitrogens with two attached hydrogens (primary N) is 1. The number of benzene rings is 2. The molecule has 4 N–H and O–H groups in total. The molecule has 0 atom stereocenters. The second-order valence-corrected chi connectivity index (χ2v) is 7.97. The molecule has 0 saturated carbocycles. The summed E-state index contributed by atoms with van der Waals surface area (Å²) >= 11 is 1.22. The molecule has 5 nitrogen and oxygen atoms in total. The maximum absolute atomic E-state index is 11.1. The number of hydrogen-bond donors (Lipinski definition) is 3. The van der Waals surface area contributed by atoms with Crippen LogP contribution < -0.4 is 15.8 Å². The van der Waals surface area contributed by atoms with Gasteiger partial charge in [-0.1, -0.05) is 12.6 Å². The molecule has 2 aliphatic rings. The van der Waals surface area contributed by atoms with E-state index in [0.29, 0.717) is 16.0 Å². The van der Waals surface area contributed by atoms with Crippen molar-refractivity contribution >= 4 is 23.5 Å². The lowest BCUT2D eigenvalue weighted by atomic mass is 9.99. The third-order valence-electron chi connectivity index (χ3n) is 5.35. The van der Waals surface area contributed by atoms with E-state index in [1.165, 1.54) is 68.4 Å². The summed E-state index contributed by atoms with van der Waals surface area (Å²) in [4.78, 5) is 11.8. The largest absolute Gasteiger partial charge is 0.388 e. The number of nitriles is 1. The van der Waals surface area contributed by atoms with Gasteiger partial charge in [0.25, 0.3) is 0 Å². The molecule has 29 heavy (non-hydrogen) atoms. The van der Waals surface area contributed by atoms with Crippen LogP contribution in [0.2, 0.25) is 0 Å². The summed E-state index contributed by atoms with van der Waals surface area (Å²) in [5.74, 6) is -0.555. The molecule has 0 bridgehead atoms. The zero-order valence-corrected chi connectivity index (χ0v) is 17.5. The van der Waals surface area contributed by atoms with Crippen molar-refractivity contribution in [2.24, 2.45) is 5.73 Å². The van der Waals surface area contributed by atoms with Gasteiger partial charge in [-0.15, -0.1) is 0 Å². The van der Waals surface area contributed by atoms with Crippen molar-refractivity contribution in [2.75, 3.05) is 12.4 Å². The quantitative estimate of drug-likeness (QED) is 0.650. The van der Waals surface area contributed by atoms with Crippen LogP contribution in [0.4, 0.5) is 5.69 Å². The van der Waals surface area contributed by atoms with Crippen LogP contribution >= 0.6 is 11.9 Å². The molecule has 6 heteroatoms. The van der Waals surface area contributed by atoms with E-state index in [1.54, 1.807) is 34.4 Å². The smallest absolute Gasteiger partial charge is 0.249 e. The highest BCUT2D eigenvalue weighted by Gasteiger charge is 2.22. The maximum Gasteiger partial charge on any atom is 0.249 e. The number of hydrogen-bond acceptors (Lipinski definition) is 5. The molecule has 0 aliphatic heterocycles. The van der Waals surface area contributed by atoms with E-state index in [9.17, 15) is 4.79 Å². The van der Waals surface area contributed by atoms with Crippen molar-refractivity contribution in [3.8, 4) is 6.07 Å². The van der Waals surface area contributed by atoms with Crippen LogP contribution in [0.25, 0.3) is 0 Å². The lowest BCUT2D eigenvalue weighted by Gasteiger charge is -2.14. The van der Waals surface area contributed by atoms with E-state index >= 15 is 0 Å². The molecule has 0 heterocycles. The van der Waals surface area contributed by atoms with E-state index in [0.717, 1.165) is 0 Å². The summed E-state index contributed by atoms with van der Waals surface area (Å²) in [6.45, 7) is 3.48. The molecule has 0 fully saturated rings. The Hall–Kier alpha value is -2.91. The Morgan fingerprint density at radius 3 is 2.34 bits per heavy atom. The van der Waals surface area contributed by atoms with Gasteiger partial charge in [0, 0.05) is 23.8 Å². The Balaban J connectivity index is 0.000000166. The van der Waals surface area contributed by atoms with Gasteiger partial charge in [0.1, 0.15) is 0 Å². The van der Waals surface area contributed by atoms with E-state index in [4.69, 9.17) is 11.0 Å². The van der Waals surface area contributed by atoms with Crippen LogP contribution in [0.3, 0.4) is 0 Å². The van der Waals surface area contributed by atoms with Gasteiger partial charge in [0.15, 0.2) is 0 Å². The Morgan fingerprint density at radius 1 is 1.17 bits per heavy atom. The number of carbonyl (C=O) groups is 1. The summed E-state index contributed by atoms with van der Waals surface area (Å²) in [7, 11) is 2.08. The van der Waals surface area contributed by atoms with Crippen LogP contribution in [-0.2, 0) is 25.7 Å². The first kappa shape index (κ1) is 20.8. The number of primary amides is 1. The van der Waals surface area contributed by atoms with Crippen molar-refractivity contribution in [1.82, 2.24) is 4.72 Å². The molecule has 0 unspecified atom stereocenters. The van der Waals surface area contributed by atoms with Crippen molar-refractivity contribution < 1.29 is 4.79 Å². The molecular formula is C23H26N4OS. The minimum Gasteiger partial charge on any atom is -0.388 e. The van der Waals surface area contributed by atoms with Crippen LogP contribution in [0, 0.1) is 11.3 Å². The lowest BCUT2D eigenvalue weighted by molar-refractivity contribution is 0.0997. The number of nitrogens with zero attached hydrogens (tertiary/aromatic N) is 1. The third-order valence-corrected chi connectivity index (χ3v) is 6.21. The zero-order chi connectivity index (χ0) is 20.8. The van der Waals surface area contributed by atoms with E-state index in [1.807, 2.05) is 6.07 Å². The summed E-state index contributed by atoms with van der Waals surface area (Å²) < 4.78 is 2.79. The Bertz CT molecular complexity index is 946. The number of amides is 1. The molecule has 2 aromatic carbocycles. The molecule has 4 rings (SSSR count). The first-order valence-electron chi connectivity index (χ1n) is 9.80. The van der Waals surface area contributed by atoms with Crippen molar-refractivity contribution in [1.29, 1.82) is 5.26 Å². The minimum absolute atomic E-state index is 0.327. The maximum atomic E-state index is 11.1. The van der Waals surface area contributed by atoms with Crippen molar-refractivity contribution in [3.05, 3.63) is 70.4 Å². The van der Waals surface area contributed by atoms with Gasteiger partial charge in [0.05, 0.1) is 17.2 Å².